The highest BCUT2D eigenvalue weighted by molar-refractivity contribution is 7.13. The minimum Gasteiger partial charge on any atom is -0.384 e. The first-order valence-electron chi connectivity index (χ1n) is 6.03. The molecule has 23 heavy (non-hydrogen) atoms. The van der Waals surface area contributed by atoms with Crippen molar-refractivity contribution in [3.63, 3.8) is 0 Å². The standard InChI is InChI=1S/C13H6F3N5S2/c14-13(15,16)9-5-23-12(20-9)11-19-7(2-10(18)21-11)8-1-6(3-17)4-22-8/h1-2,4-5H,(H2,18,19,21). The van der Waals surface area contributed by atoms with Gasteiger partial charge in [-0.25, -0.2) is 15.0 Å². The first-order chi connectivity index (χ1) is 10.9. The highest BCUT2D eigenvalue weighted by Crippen LogP contribution is 2.34. The minimum atomic E-state index is -4.52. The zero-order chi connectivity index (χ0) is 16.6. The highest BCUT2D eigenvalue weighted by atomic mass is 32.1. The van der Waals surface area contributed by atoms with Crippen LogP contribution in [0.4, 0.5) is 19.0 Å². The maximum absolute atomic E-state index is 12.6. The number of halogens is 3. The van der Waals surface area contributed by atoms with E-state index in [-0.39, 0.29) is 16.6 Å². The highest BCUT2D eigenvalue weighted by Gasteiger charge is 2.34. The molecule has 0 aromatic carbocycles. The third-order valence-electron chi connectivity index (χ3n) is 2.71. The number of alkyl halides is 3. The van der Waals surface area contributed by atoms with Crippen LogP contribution in [0.15, 0.2) is 22.9 Å². The molecule has 0 fully saturated rings. The van der Waals surface area contributed by atoms with Gasteiger partial charge in [-0.1, -0.05) is 0 Å². The zero-order valence-corrected chi connectivity index (χ0v) is 12.8. The van der Waals surface area contributed by atoms with Gasteiger partial charge >= 0.3 is 6.18 Å². The van der Waals surface area contributed by atoms with Crippen molar-refractivity contribution in [1.29, 1.82) is 5.26 Å². The number of thiophene rings is 1. The molecule has 0 spiro atoms. The number of nitrogen functional groups attached to an aromatic ring is 1. The Hall–Kier alpha value is -2.51. The van der Waals surface area contributed by atoms with Gasteiger partial charge in [0.2, 0.25) is 0 Å². The zero-order valence-electron chi connectivity index (χ0n) is 11.1. The quantitative estimate of drug-likeness (QED) is 0.757. The summed E-state index contributed by atoms with van der Waals surface area (Å²) < 4.78 is 37.9. The third kappa shape index (κ3) is 3.15. The summed E-state index contributed by atoms with van der Waals surface area (Å²) in [6.45, 7) is 0. The van der Waals surface area contributed by atoms with Crippen molar-refractivity contribution in [2.75, 3.05) is 5.73 Å². The van der Waals surface area contributed by atoms with Crippen LogP contribution in [0.1, 0.15) is 11.3 Å². The number of nitrogens with zero attached hydrogens (tertiary/aromatic N) is 4. The van der Waals surface area contributed by atoms with Crippen LogP contribution in [0.25, 0.3) is 21.4 Å². The van der Waals surface area contributed by atoms with Crippen molar-refractivity contribution < 1.29 is 13.2 Å². The summed E-state index contributed by atoms with van der Waals surface area (Å²) in [6, 6.07) is 5.12. The molecule has 3 heterocycles. The molecule has 0 amide bonds. The van der Waals surface area contributed by atoms with E-state index in [0.717, 1.165) is 16.7 Å². The lowest BCUT2D eigenvalue weighted by molar-refractivity contribution is -0.140. The van der Waals surface area contributed by atoms with Gasteiger partial charge in [0.25, 0.3) is 0 Å². The van der Waals surface area contributed by atoms with E-state index in [2.05, 4.69) is 15.0 Å². The number of anilines is 1. The molecule has 0 aliphatic heterocycles. The Kier molecular flexibility index (Phi) is 3.75. The van der Waals surface area contributed by atoms with Gasteiger partial charge in [0.15, 0.2) is 16.5 Å². The molecule has 0 saturated carbocycles. The number of hydrogen-bond acceptors (Lipinski definition) is 7. The summed E-state index contributed by atoms with van der Waals surface area (Å²) >= 11 is 2.08. The summed E-state index contributed by atoms with van der Waals surface area (Å²) in [4.78, 5) is 12.3. The van der Waals surface area contributed by atoms with Crippen LogP contribution >= 0.6 is 22.7 Å². The first-order valence-corrected chi connectivity index (χ1v) is 7.79. The second-order valence-electron chi connectivity index (χ2n) is 4.35. The molecule has 0 bridgehead atoms. The van der Waals surface area contributed by atoms with Gasteiger partial charge in [-0.3, -0.25) is 0 Å². The molecule has 0 unspecified atom stereocenters. The third-order valence-corrected chi connectivity index (χ3v) is 4.50. The smallest absolute Gasteiger partial charge is 0.384 e. The van der Waals surface area contributed by atoms with E-state index in [1.165, 1.54) is 17.4 Å². The number of nitriles is 1. The Morgan fingerprint density at radius 1 is 1.09 bits per heavy atom. The average molecular weight is 353 g/mol. The van der Waals surface area contributed by atoms with Crippen LogP contribution in [0.2, 0.25) is 0 Å². The molecule has 2 N–H and O–H groups in total. The Bertz CT molecular complexity index is 907. The van der Waals surface area contributed by atoms with Crippen LogP contribution in [0, 0.1) is 11.3 Å². The van der Waals surface area contributed by atoms with Crippen LogP contribution in [-0.2, 0) is 6.18 Å². The molecule has 0 aliphatic carbocycles. The number of nitrogens with two attached hydrogens (primary N) is 1. The van der Waals surface area contributed by atoms with Gasteiger partial charge in [-0.15, -0.1) is 22.7 Å². The molecule has 0 saturated heterocycles. The minimum absolute atomic E-state index is 0.0207. The fraction of sp³-hybridized carbons (Fsp3) is 0.0769. The summed E-state index contributed by atoms with van der Waals surface area (Å²) in [5.41, 5.74) is 5.62. The van der Waals surface area contributed by atoms with Crippen molar-refractivity contribution in [3.8, 4) is 27.5 Å². The van der Waals surface area contributed by atoms with Gasteiger partial charge in [-0.2, -0.15) is 18.4 Å². The first kappa shape index (κ1) is 15.4. The lowest BCUT2D eigenvalue weighted by atomic mass is 10.2. The van der Waals surface area contributed by atoms with Crippen molar-refractivity contribution >= 4 is 28.5 Å². The fourth-order valence-electron chi connectivity index (χ4n) is 1.72. The van der Waals surface area contributed by atoms with Crippen molar-refractivity contribution in [2.24, 2.45) is 0 Å². The van der Waals surface area contributed by atoms with E-state index in [1.807, 2.05) is 6.07 Å². The maximum atomic E-state index is 12.6. The van der Waals surface area contributed by atoms with Crippen LogP contribution in [0.5, 0.6) is 0 Å². The van der Waals surface area contributed by atoms with E-state index in [9.17, 15) is 13.2 Å². The lowest BCUT2D eigenvalue weighted by Crippen LogP contribution is -2.05. The van der Waals surface area contributed by atoms with Gasteiger partial charge in [0.1, 0.15) is 11.9 Å². The van der Waals surface area contributed by atoms with Crippen molar-refractivity contribution in [3.05, 3.63) is 34.2 Å². The van der Waals surface area contributed by atoms with Gasteiger partial charge in [-0.05, 0) is 6.07 Å². The molecular formula is C13H6F3N5S2. The molecule has 0 radical (unpaired) electrons. The Morgan fingerprint density at radius 3 is 2.48 bits per heavy atom. The predicted molar refractivity (Wildman–Crippen MR) is 80.6 cm³/mol. The lowest BCUT2D eigenvalue weighted by Gasteiger charge is -2.03. The number of rotatable bonds is 2. The summed E-state index contributed by atoms with van der Waals surface area (Å²) in [6.07, 6.45) is -4.52. The van der Waals surface area contributed by atoms with Crippen molar-refractivity contribution in [1.82, 2.24) is 15.0 Å². The summed E-state index contributed by atoms with van der Waals surface area (Å²) in [7, 11) is 0. The summed E-state index contributed by atoms with van der Waals surface area (Å²) in [5, 5.41) is 11.4. The predicted octanol–water partition coefficient (Wildman–Crippen LogP) is 3.80. The van der Waals surface area contributed by atoms with E-state index in [1.54, 1.807) is 11.4 Å². The molecule has 10 heteroatoms. The Morgan fingerprint density at radius 2 is 1.87 bits per heavy atom. The largest absolute Gasteiger partial charge is 0.434 e. The monoisotopic (exact) mass is 353 g/mol. The Labute approximate surface area is 135 Å². The average Bonchev–Trinajstić information content (AvgIpc) is 3.15. The van der Waals surface area contributed by atoms with Gasteiger partial charge < -0.3 is 5.73 Å². The molecule has 3 rings (SSSR count). The maximum Gasteiger partial charge on any atom is 0.434 e. The van der Waals surface area contributed by atoms with Crippen LogP contribution in [-0.4, -0.2) is 15.0 Å². The number of thiazole rings is 1. The molecule has 116 valence electrons. The van der Waals surface area contributed by atoms with Gasteiger partial charge in [0, 0.05) is 16.8 Å². The Balaban J connectivity index is 2.04. The second-order valence-corrected chi connectivity index (χ2v) is 6.12. The summed E-state index contributed by atoms with van der Waals surface area (Å²) in [5.74, 6) is 0.132. The molecular weight excluding hydrogens is 347 g/mol. The van der Waals surface area contributed by atoms with Crippen molar-refractivity contribution in [2.45, 2.75) is 6.18 Å². The normalized spacial score (nSPS) is 11.4. The van der Waals surface area contributed by atoms with E-state index >= 15 is 0 Å². The molecule has 0 atom stereocenters. The molecule has 5 nitrogen and oxygen atoms in total. The SMILES string of the molecule is N#Cc1csc(-c2cc(N)nc(-c3nc(C(F)(F)F)cs3)n2)c1. The second kappa shape index (κ2) is 5.60. The van der Waals surface area contributed by atoms with E-state index < -0.39 is 11.9 Å². The topological polar surface area (TPSA) is 88.5 Å². The van der Waals surface area contributed by atoms with Crippen LogP contribution in [0.3, 0.4) is 0 Å². The fourth-order valence-corrected chi connectivity index (χ4v) is 3.28. The molecule has 3 aromatic rings. The number of hydrogen-bond donors (Lipinski definition) is 1. The molecule has 3 aromatic heterocycles. The van der Waals surface area contributed by atoms with Crippen LogP contribution < -0.4 is 5.73 Å². The van der Waals surface area contributed by atoms with E-state index in [0.29, 0.717) is 16.1 Å². The van der Waals surface area contributed by atoms with Gasteiger partial charge in [0.05, 0.1) is 16.1 Å². The number of aromatic nitrogens is 3. The molecule has 0 aliphatic rings. The van der Waals surface area contributed by atoms with E-state index in [4.69, 9.17) is 11.0 Å².